The highest BCUT2D eigenvalue weighted by molar-refractivity contribution is 7.89. The smallest absolute Gasteiger partial charge is 0.243 e. The molecule has 2 saturated heterocycles. The van der Waals surface area contributed by atoms with Crippen molar-refractivity contribution in [3.8, 4) is 0 Å². The van der Waals surface area contributed by atoms with E-state index in [2.05, 4.69) is 22.5 Å². The van der Waals surface area contributed by atoms with Crippen LogP contribution in [0.4, 0.5) is 5.69 Å². The van der Waals surface area contributed by atoms with Crippen LogP contribution in [0.5, 0.6) is 0 Å². The first-order chi connectivity index (χ1) is 12.5. The predicted molar refractivity (Wildman–Crippen MR) is 113 cm³/mol. The number of ether oxygens (including phenoxy) is 1. The number of carbonyl (C=O) groups excluding carboxylic acids is 1. The van der Waals surface area contributed by atoms with E-state index in [0.29, 0.717) is 38.5 Å². The molecule has 2 aliphatic heterocycles. The number of morpholine rings is 1. The molecule has 2 heterocycles. The van der Waals surface area contributed by atoms with Crippen molar-refractivity contribution in [2.45, 2.75) is 17.9 Å². The Morgan fingerprint density at radius 1 is 1.25 bits per heavy atom. The van der Waals surface area contributed by atoms with Gasteiger partial charge in [0.1, 0.15) is 6.04 Å². The highest BCUT2D eigenvalue weighted by Crippen LogP contribution is 2.21. The zero-order valence-corrected chi connectivity index (χ0v) is 18.2. The van der Waals surface area contributed by atoms with Crippen LogP contribution in [0.1, 0.15) is 6.92 Å². The number of nitrogens with one attached hydrogen (secondary N) is 2. The molecule has 2 fully saturated rings. The van der Waals surface area contributed by atoms with Crippen LogP contribution in [0.2, 0.25) is 0 Å². The maximum absolute atomic E-state index is 12.9. The molecule has 0 aliphatic carbocycles. The molecule has 0 aromatic heterocycles. The fourth-order valence-electron chi connectivity index (χ4n) is 3.13. The van der Waals surface area contributed by atoms with Crippen molar-refractivity contribution >= 4 is 46.4 Å². The monoisotopic (exact) mass is 454 g/mol. The van der Waals surface area contributed by atoms with E-state index in [1.54, 1.807) is 18.2 Å². The van der Waals surface area contributed by atoms with E-state index in [4.69, 9.17) is 4.74 Å². The van der Waals surface area contributed by atoms with Gasteiger partial charge in [0.05, 0.1) is 18.1 Å². The molecule has 1 unspecified atom stereocenters. The lowest BCUT2D eigenvalue weighted by atomic mass is 10.2. The number of likely N-dealkylation sites (N-methyl/N-ethyl adjacent to an activating group) is 1. The summed E-state index contributed by atoms with van der Waals surface area (Å²) in [6, 6.07) is 6.00. The number of sulfonamides is 1. The highest BCUT2D eigenvalue weighted by atomic mass is 35.5. The van der Waals surface area contributed by atoms with Gasteiger partial charge in [0.2, 0.25) is 15.9 Å². The number of hydrogen-bond donors (Lipinski definition) is 2. The Labute approximate surface area is 178 Å². The quantitative estimate of drug-likeness (QED) is 0.682. The Balaban J connectivity index is 0.00000196. The Hall–Kier alpha value is -0.940. The number of carbonyl (C=O) groups is 1. The third-order valence-electron chi connectivity index (χ3n) is 4.76. The molecule has 2 N–H and O–H groups in total. The number of nitrogens with zero attached hydrogens (tertiary/aromatic N) is 2. The highest BCUT2D eigenvalue weighted by Gasteiger charge is 2.28. The summed E-state index contributed by atoms with van der Waals surface area (Å²) in [6.45, 7) is 6.95. The SMILES string of the molecule is CCN1CCN(S(=O)(=O)c2cccc(NC(=O)C3COCCN3)c2)CC1.Cl.Cl. The minimum Gasteiger partial charge on any atom is -0.378 e. The first-order valence-electron chi connectivity index (χ1n) is 8.95. The third kappa shape index (κ3) is 6.03. The molecule has 0 saturated carbocycles. The number of amides is 1. The summed E-state index contributed by atoms with van der Waals surface area (Å²) in [6.07, 6.45) is 0. The minimum atomic E-state index is -3.56. The van der Waals surface area contributed by atoms with Gasteiger partial charge in [0.15, 0.2) is 0 Å². The van der Waals surface area contributed by atoms with E-state index in [9.17, 15) is 13.2 Å². The molecule has 0 spiro atoms. The van der Waals surface area contributed by atoms with Crippen LogP contribution < -0.4 is 10.6 Å². The van der Waals surface area contributed by atoms with Crippen LogP contribution in [0.15, 0.2) is 29.2 Å². The van der Waals surface area contributed by atoms with Gasteiger partial charge in [-0.2, -0.15) is 4.31 Å². The molecule has 1 aromatic carbocycles. The fourth-order valence-corrected chi connectivity index (χ4v) is 4.60. The number of benzene rings is 1. The van der Waals surface area contributed by atoms with Gasteiger partial charge in [-0.25, -0.2) is 8.42 Å². The molecule has 3 rings (SSSR count). The fraction of sp³-hybridized carbons (Fsp3) is 0.588. The molecule has 28 heavy (non-hydrogen) atoms. The van der Waals surface area contributed by atoms with Gasteiger partial charge in [0, 0.05) is 38.4 Å². The number of halogens is 2. The largest absolute Gasteiger partial charge is 0.378 e. The summed E-state index contributed by atoms with van der Waals surface area (Å²) in [5.41, 5.74) is 0.468. The number of piperazine rings is 1. The van der Waals surface area contributed by atoms with Crippen molar-refractivity contribution in [1.29, 1.82) is 0 Å². The maximum Gasteiger partial charge on any atom is 0.243 e. The molecular formula is C17H28Cl2N4O4S. The van der Waals surface area contributed by atoms with Crippen molar-refractivity contribution in [2.24, 2.45) is 0 Å². The van der Waals surface area contributed by atoms with E-state index in [-0.39, 0.29) is 35.6 Å². The normalized spacial score (nSPS) is 21.2. The summed E-state index contributed by atoms with van der Waals surface area (Å²) in [7, 11) is -3.56. The number of anilines is 1. The van der Waals surface area contributed by atoms with Crippen molar-refractivity contribution in [3.05, 3.63) is 24.3 Å². The molecule has 1 atom stereocenters. The first kappa shape index (κ1) is 25.1. The van der Waals surface area contributed by atoms with E-state index >= 15 is 0 Å². The first-order valence-corrected chi connectivity index (χ1v) is 10.4. The average molecular weight is 455 g/mol. The molecule has 0 bridgehead atoms. The lowest BCUT2D eigenvalue weighted by molar-refractivity contribution is -0.120. The molecule has 1 amide bonds. The predicted octanol–water partition coefficient (Wildman–Crippen LogP) is 0.783. The minimum absolute atomic E-state index is 0. The average Bonchev–Trinajstić information content (AvgIpc) is 2.69. The van der Waals surface area contributed by atoms with Crippen LogP contribution in [0.3, 0.4) is 0 Å². The molecule has 8 nitrogen and oxygen atoms in total. The van der Waals surface area contributed by atoms with E-state index in [1.807, 2.05) is 0 Å². The van der Waals surface area contributed by atoms with Crippen LogP contribution in [0.25, 0.3) is 0 Å². The number of rotatable bonds is 5. The lowest BCUT2D eigenvalue weighted by Gasteiger charge is -2.33. The van der Waals surface area contributed by atoms with Crippen LogP contribution in [-0.4, -0.2) is 82.1 Å². The van der Waals surface area contributed by atoms with E-state index in [0.717, 1.165) is 19.6 Å². The second-order valence-electron chi connectivity index (χ2n) is 6.44. The molecule has 0 radical (unpaired) electrons. The van der Waals surface area contributed by atoms with Gasteiger partial charge in [-0.1, -0.05) is 13.0 Å². The van der Waals surface area contributed by atoms with E-state index in [1.165, 1.54) is 10.4 Å². The van der Waals surface area contributed by atoms with Crippen molar-refractivity contribution in [3.63, 3.8) is 0 Å². The summed E-state index contributed by atoms with van der Waals surface area (Å²) in [4.78, 5) is 14.7. The van der Waals surface area contributed by atoms with Crippen LogP contribution in [-0.2, 0) is 19.6 Å². The maximum atomic E-state index is 12.9. The molecule has 11 heteroatoms. The van der Waals surface area contributed by atoms with Gasteiger partial charge in [0.25, 0.3) is 0 Å². The molecule has 160 valence electrons. The van der Waals surface area contributed by atoms with Crippen molar-refractivity contribution in [2.75, 3.05) is 57.8 Å². The summed E-state index contributed by atoms with van der Waals surface area (Å²) >= 11 is 0. The van der Waals surface area contributed by atoms with Crippen molar-refractivity contribution < 1.29 is 17.9 Å². The van der Waals surface area contributed by atoms with Gasteiger partial charge in [-0.05, 0) is 24.7 Å². The van der Waals surface area contributed by atoms with Gasteiger partial charge in [-0.3, -0.25) is 4.79 Å². The zero-order valence-electron chi connectivity index (χ0n) is 15.8. The standard InChI is InChI=1S/C17H26N4O4S.2ClH/c1-2-20-7-9-21(10-8-20)26(23,24)15-5-3-4-14(12-15)19-17(22)16-13-25-11-6-18-16;;/h3-5,12,16,18H,2,6-11,13H2,1H3,(H,19,22);2*1H. The molecule has 1 aromatic rings. The Morgan fingerprint density at radius 3 is 2.57 bits per heavy atom. The Bertz CT molecular complexity index is 736. The third-order valence-corrected chi connectivity index (χ3v) is 6.65. The van der Waals surface area contributed by atoms with Crippen LogP contribution in [0, 0.1) is 0 Å². The van der Waals surface area contributed by atoms with Crippen LogP contribution >= 0.6 is 24.8 Å². The lowest BCUT2D eigenvalue weighted by Crippen LogP contribution is -2.49. The zero-order chi connectivity index (χ0) is 18.6. The van der Waals surface area contributed by atoms with E-state index < -0.39 is 16.1 Å². The topological polar surface area (TPSA) is 91.0 Å². The molecular weight excluding hydrogens is 427 g/mol. The summed E-state index contributed by atoms with van der Waals surface area (Å²) < 4.78 is 32.6. The van der Waals surface area contributed by atoms with Crippen molar-refractivity contribution in [1.82, 2.24) is 14.5 Å². The van der Waals surface area contributed by atoms with Gasteiger partial charge < -0.3 is 20.3 Å². The van der Waals surface area contributed by atoms with Gasteiger partial charge in [-0.15, -0.1) is 24.8 Å². The summed E-state index contributed by atoms with van der Waals surface area (Å²) in [5, 5.41) is 5.85. The second-order valence-corrected chi connectivity index (χ2v) is 8.37. The second kappa shape index (κ2) is 11.3. The Morgan fingerprint density at radius 2 is 1.96 bits per heavy atom. The number of hydrogen-bond acceptors (Lipinski definition) is 6. The Kier molecular flexibility index (Phi) is 10.1. The van der Waals surface area contributed by atoms with Gasteiger partial charge >= 0.3 is 0 Å². The summed E-state index contributed by atoms with van der Waals surface area (Å²) in [5.74, 6) is -0.226. The molecule has 2 aliphatic rings.